The molecule has 1 rings (SSSR count). The molecular weight excluding hydrogens is 140 g/mol. The normalized spacial score (nSPS) is 24.4. The number of hydrogen-bond donors (Lipinski definition) is 1. The number of nitrogens with one attached hydrogen (secondary N) is 1. The fraction of sp³-hybridized carbons (Fsp3) is 0.625. The zero-order valence-electron chi connectivity index (χ0n) is 6.63. The molecule has 0 radical (unpaired) electrons. The average molecular weight is 152 g/mol. The van der Waals surface area contributed by atoms with E-state index in [1.165, 1.54) is 0 Å². The van der Waals surface area contributed by atoms with Gasteiger partial charge in [0.2, 0.25) is 0 Å². The second-order valence-electron chi connectivity index (χ2n) is 2.75. The van der Waals surface area contributed by atoms with Crippen LogP contribution in [0.15, 0.2) is 0 Å². The SMILES string of the molecule is C#CC(=O)N1CCN[C@H](C)C1. The summed E-state index contributed by atoms with van der Waals surface area (Å²) in [4.78, 5) is 12.7. The summed E-state index contributed by atoms with van der Waals surface area (Å²) in [5.74, 6) is 1.92. The fourth-order valence-corrected chi connectivity index (χ4v) is 1.21. The molecule has 0 aromatic carbocycles. The van der Waals surface area contributed by atoms with Crippen LogP contribution in [0.3, 0.4) is 0 Å². The third kappa shape index (κ3) is 1.95. The van der Waals surface area contributed by atoms with Gasteiger partial charge in [-0.1, -0.05) is 0 Å². The van der Waals surface area contributed by atoms with E-state index in [0.717, 1.165) is 19.6 Å². The Bertz CT molecular complexity index is 195. The predicted octanol–water partition coefficient (Wildman–Crippen LogP) is -0.560. The first-order valence-electron chi connectivity index (χ1n) is 3.73. The van der Waals surface area contributed by atoms with Crippen molar-refractivity contribution in [2.24, 2.45) is 0 Å². The fourth-order valence-electron chi connectivity index (χ4n) is 1.21. The number of nitrogens with zero attached hydrogens (tertiary/aromatic N) is 1. The maximum atomic E-state index is 11.0. The summed E-state index contributed by atoms with van der Waals surface area (Å²) in [6.45, 7) is 4.33. The molecule has 1 amide bonds. The first-order valence-corrected chi connectivity index (χ1v) is 3.73. The van der Waals surface area contributed by atoms with Crippen LogP contribution < -0.4 is 5.32 Å². The highest BCUT2D eigenvalue weighted by molar-refractivity contribution is 5.92. The van der Waals surface area contributed by atoms with E-state index in [-0.39, 0.29) is 5.91 Å². The first-order chi connectivity index (χ1) is 5.24. The Labute approximate surface area is 66.8 Å². The van der Waals surface area contributed by atoms with Crippen molar-refractivity contribution >= 4 is 5.91 Å². The van der Waals surface area contributed by atoms with Gasteiger partial charge in [-0.3, -0.25) is 4.79 Å². The summed E-state index contributed by atoms with van der Waals surface area (Å²) >= 11 is 0. The van der Waals surface area contributed by atoms with Gasteiger partial charge in [0.15, 0.2) is 0 Å². The molecule has 11 heavy (non-hydrogen) atoms. The van der Waals surface area contributed by atoms with Crippen LogP contribution in [0.25, 0.3) is 0 Å². The Hall–Kier alpha value is -1.01. The molecule has 0 aromatic rings. The molecule has 1 fully saturated rings. The topological polar surface area (TPSA) is 32.3 Å². The molecule has 0 unspecified atom stereocenters. The van der Waals surface area contributed by atoms with Crippen LogP contribution in [-0.4, -0.2) is 36.5 Å². The van der Waals surface area contributed by atoms with Crippen LogP contribution in [0.5, 0.6) is 0 Å². The molecular formula is C8H12N2O. The minimum absolute atomic E-state index is 0.196. The Morgan fingerprint density at radius 1 is 1.82 bits per heavy atom. The van der Waals surface area contributed by atoms with Gasteiger partial charge >= 0.3 is 0 Å². The van der Waals surface area contributed by atoms with Gasteiger partial charge in [-0.15, -0.1) is 6.42 Å². The van der Waals surface area contributed by atoms with Crippen molar-refractivity contribution in [2.75, 3.05) is 19.6 Å². The minimum atomic E-state index is -0.196. The third-order valence-corrected chi connectivity index (χ3v) is 1.78. The highest BCUT2D eigenvalue weighted by Gasteiger charge is 2.18. The lowest BCUT2D eigenvalue weighted by Gasteiger charge is -2.30. The van der Waals surface area contributed by atoms with E-state index in [0.29, 0.717) is 6.04 Å². The number of carbonyl (C=O) groups excluding carboxylic acids is 1. The van der Waals surface area contributed by atoms with Gasteiger partial charge in [0.05, 0.1) is 0 Å². The van der Waals surface area contributed by atoms with Gasteiger partial charge in [-0.05, 0) is 12.8 Å². The van der Waals surface area contributed by atoms with Crippen molar-refractivity contribution < 1.29 is 4.79 Å². The summed E-state index contributed by atoms with van der Waals surface area (Å²) in [6, 6.07) is 0.362. The van der Waals surface area contributed by atoms with E-state index >= 15 is 0 Å². The molecule has 1 N–H and O–H groups in total. The third-order valence-electron chi connectivity index (χ3n) is 1.78. The molecule has 3 nitrogen and oxygen atoms in total. The lowest BCUT2D eigenvalue weighted by Crippen LogP contribution is -2.51. The highest BCUT2D eigenvalue weighted by atomic mass is 16.2. The van der Waals surface area contributed by atoms with Gasteiger partial charge in [-0.25, -0.2) is 0 Å². The molecule has 0 aromatic heterocycles. The Morgan fingerprint density at radius 2 is 2.55 bits per heavy atom. The molecule has 1 heterocycles. The summed E-state index contributed by atoms with van der Waals surface area (Å²) in [5.41, 5.74) is 0. The van der Waals surface area contributed by atoms with E-state index < -0.39 is 0 Å². The van der Waals surface area contributed by atoms with E-state index in [1.54, 1.807) is 4.90 Å². The largest absolute Gasteiger partial charge is 0.329 e. The van der Waals surface area contributed by atoms with Crippen molar-refractivity contribution in [1.82, 2.24) is 10.2 Å². The zero-order valence-corrected chi connectivity index (χ0v) is 6.63. The molecule has 0 bridgehead atoms. The van der Waals surface area contributed by atoms with E-state index in [4.69, 9.17) is 6.42 Å². The van der Waals surface area contributed by atoms with Crippen LogP contribution in [-0.2, 0) is 4.79 Å². The van der Waals surface area contributed by atoms with E-state index in [2.05, 4.69) is 11.2 Å². The Morgan fingerprint density at radius 3 is 3.09 bits per heavy atom. The lowest BCUT2D eigenvalue weighted by atomic mass is 10.2. The van der Waals surface area contributed by atoms with Gasteiger partial charge in [-0.2, -0.15) is 0 Å². The van der Waals surface area contributed by atoms with Crippen LogP contribution in [0.4, 0.5) is 0 Å². The number of piperazine rings is 1. The number of hydrogen-bond acceptors (Lipinski definition) is 2. The van der Waals surface area contributed by atoms with Gasteiger partial charge in [0, 0.05) is 25.7 Å². The monoisotopic (exact) mass is 152 g/mol. The highest BCUT2D eigenvalue weighted by Crippen LogP contribution is 1.97. The molecule has 0 spiro atoms. The number of amides is 1. The second-order valence-corrected chi connectivity index (χ2v) is 2.75. The molecule has 3 heteroatoms. The maximum Gasteiger partial charge on any atom is 0.298 e. The van der Waals surface area contributed by atoms with Crippen LogP contribution >= 0.6 is 0 Å². The molecule has 1 aliphatic rings. The van der Waals surface area contributed by atoms with Crippen molar-refractivity contribution in [3.63, 3.8) is 0 Å². The smallest absolute Gasteiger partial charge is 0.298 e. The second kappa shape index (κ2) is 3.40. The van der Waals surface area contributed by atoms with Crippen molar-refractivity contribution in [3.8, 4) is 12.3 Å². The molecule has 0 aliphatic carbocycles. The standard InChI is InChI=1S/C8H12N2O/c1-3-8(11)10-5-4-9-7(2)6-10/h1,7,9H,4-6H2,2H3/t7-/m1/s1. The number of carbonyl (C=O) groups is 1. The van der Waals surface area contributed by atoms with Crippen molar-refractivity contribution in [1.29, 1.82) is 0 Å². The zero-order chi connectivity index (χ0) is 8.27. The summed E-state index contributed by atoms with van der Waals surface area (Å²) in [6.07, 6.45) is 4.99. The Balaban J connectivity index is 2.47. The molecule has 1 aliphatic heterocycles. The maximum absolute atomic E-state index is 11.0. The summed E-state index contributed by atoms with van der Waals surface area (Å²) in [5, 5.41) is 3.23. The molecule has 60 valence electrons. The van der Waals surface area contributed by atoms with E-state index in [1.807, 2.05) is 6.92 Å². The van der Waals surface area contributed by atoms with E-state index in [9.17, 15) is 4.79 Å². The number of terminal acetylenes is 1. The summed E-state index contributed by atoms with van der Waals surface area (Å²) < 4.78 is 0. The van der Waals surface area contributed by atoms with Gasteiger partial charge < -0.3 is 10.2 Å². The molecule has 1 atom stereocenters. The Kier molecular flexibility index (Phi) is 2.50. The first kappa shape index (κ1) is 8.09. The average Bonchev–Trinajstić information content (AvgIpc) is 2.03. The van der Waals surface area contributed by atoms with Gasteiger partial charge in [0.1, 0.15) is 0 Å². The number of rotatable bonds is 0. The van der Waals surface area contributed by atoms with Crippen LogP contribution in [0, 0.1) is 12.3 Å². The predicted molar refractivity (Wildman–Crippen MR) is 42.9 cm³/mol. The van der Waals surface area contributed by atoms with Gasteiger partial charge in [0.25, 0.3) is 5.91 Å². The van der Waals surface area contributed by atoms with Crippen LogP contribution in [0.2, 0.25) is 0 Å². The van der Waals surface area contributed by atoms with Crippen molar-refractivity contribution in [2.45, 2.75) is 13.0 Å². The molecule has 0 saturated carbocycles. The molecule has 1 saturated heterocycles. The van der Waals surface area contributed by atoms with Crippen molar-refractivity contribution in [3.05, 3.63) is 0 Å². The summed E-state index contributed by atoms with van der Waals surface area (Å²) in [7, 11) is 0. The quantitative estimate of drug-likeness (QED) is 0.472. The van der Waals surface area contributed by atoms with Crippen LogP contribution in [0.1, 0.15) is 6.92 Å². The minimum Gasteiger partial charge on any atom is -0.329 e. The lowest BCUT2D eigenvalue weighted by molar-refractivity contribution is -0.126.